The average molecular weight is 236 g/mol. The summed E-state index contributed by atoms with van der Waals surface area (Å²) in [4.78, 5) is 10.9. The molecule has 94 valence electrons. The Morgan fingerprint density at radius 2 is 1.82 bits per heavy atom. The third kappa shape index (κ3) is 1.81. The molecule has 4 fully saturated rings. The largest absolute Gasteiger partial charge is 0.478 e. The molecule has 0 saturated heterocycles. The van der Waals surface area contributed by atoms with Crippen LogP contribution < -0.4 is 0 Å². The molecule has 4 rings (SSSR count). The number of hydrogen-bond donors (Lipinski definition) is 2. The summed E-state index contributed by atoms with van der Waals surface area (Å²) < 4.78 is 0. The van der Waals surface area contributed by atoms with Gasteiger partial charge in [-0.2, -0.15) is 0 Å². The van der Waals surface area contributed by atoms with Crippen LogP contribution in [-0.4, -0.2) is 21.8 Å². The first-order valence-corrected chi connectivity index (χ1v) is 6.53. The summed E-state index contributed by atoms with van der Waals surface area (Å²) in [6, 6.07) is 0. The molecule has 3 heteroatoms. The topological polar surface area (TPSA) is 57.5 Å². The van der Waals surface area contributed by atoms with Crippen LogP contribution in [0.3, 0.4) is 0 Å². The quantitative estimate of drug-likeness (QED) is 0.739. The van der Waals surface area contributed by atoms with Gasteiger partial charge in [-0.1, -0.05) is 6.58 Å². The molecule has 0 spiro atoms. The lowest BCUT2D eigenvalue weighted by Crippen LogP contribution is -2.55. The van der Waals surface area contributed by atoms with E-state index in [9.17, 15) is 9.90 Å². The molecular weight excluding hydrogens is 216 g/mol. The minimum atomic E-state index is -0.882. The van der Waals surface area contributed by atoms with Crippen molar-refractivity contribution in [2.24, 2.45) is 17.3 Å². The molecule has 0 amide bonds. The van der Waals surface area contributed by atoms with Crippen LogP contribution in [0, 0.1) is 17.3 Å². The van der Waals surface area contributed by atoms with Gasteiger partial charge in [0.15, 0.2) is 0 Å². The molecule has 4 aliphatic carbocycles. The van der Waals surface area contributed by atoms with Crippen LogP contribution in [0.1, 0.15) is 44.9 Å². The molecule has 17 heavy (non-hydrogen) atoms. The summed E-state index contributed by atoms with van der Waals surface area (Å²) in [7, 11) is 0. The first kappa shape index (κ1) is 11.3. The maximum Gasteiger partial charge on any atom is 0.330 e. The highest BCUT2D eigenvalue weighted by Gasteiger charge is 2.57. The molecule has 2 unspecified atom stereocenters. The van der Waals surface area contributed by atoms with E-state index >= 15 is 0 Å². The molecule has 2 atom stereocenters. The predicted molar refractivity (Wildman–Crippen MR) is 63.5 cm³/mol. The number of rotatable bonds is 3. The van der Waals surface area contributed by atoms with Gasteiger partial charge in [0.25, 0.3) is 0 Å². The van der Waals surface area contributed by atoms with E-state index in [4.69, 9.17) is 5.11 Å². The normalized spacial score (nSPS) is 47.1. The highest BCUT2D eigenvalue weighted by molar-refractivity contribution is 5.85. The molecule has 0 aliphatic heterocycles. The van der Waals surface area contributed by atoms with Gasteiger partial charge in [0, 0.05) is 5.57 Å². The van der Waals surface area contributed by atoms with E-state index in [1.807, 2.05) is 0 Å². The lowest BCUT2D eigenvalue weighted by Gasteiger charge is -2.60. The van der Waals surface area contributed by atoms with E-state index in [1.54, 1.807) is 0 Å². The number of carboxylic acids is 1. The van der Waals surface area contributed by atoms with E-state index in [0.717, 1.165) is 32.1 Å². The Labute approximate surface area is 102 Å². The fourth-order valence-corrected chi connectivity index (χ4v) is 5.14. The maximum absolute atomic E-state index is 10.9. The molecule has 3 nitrogen and oxygen atoms in total. The summed E-state index contributed by atoms with van der Waals surface area (Å²) in [6.45, 7) is 3.67. The smallest absolute Gasteiger partial charge is 0.330 e. The van der Waals surface area contributed by atoms with Crippen LogP contribution in [0.5, 0.6) is 0 Å². The molecule has 0 radical (unpaired) electrons. The molecule has 0 aromatic heterocycles. The molecule has 2 N–H and O–H groups in total. The molecule has 0 aromatic rings. The van der Waals surface area contributed by atoms with Crippen molar-refractivity contribution >= 4 is 5.97 Å². The minimum Gasteiger partial charge on any atom is -0.478 e. The van der Waals surface area contributed by atoms with Crippen molar-refractivity contribution in [1.82, 2.24) is 0 Å². The highest BCUT2D eigenvalue weighted by atomic mass is 16.4. The van der Waals surface area contributed by atoms with Crippen molar-refractivity contribution in [3.8, 4) is 0 Å². The molecule has 4 bridgehead atoms. The number of aliphatic hydroxyl groups is 1. The van der Waals surface area contributed by atoms with Crippen LogP contribution in [0.4, 0.5) is 0 Å². The second kappa shape index (κ2) is 3.35. The lowest BCUT2D eigenvalue weighted by molar-refractivity contribution is -0.164. The number of aliphatic carboxylic acids is 1. The van der Waals surface area contributed by atoms with Crippen LogP contribution in [-0.2, 0) is 4.79 Å². The Hall–Kier alpha value is -0.830. The predicted octanol–water partition coefficient (Wildman–Crippen LogP) is 2.35. The van der Waals surface area contributed by atoms with Gasteiger partial charge >= 0.3 is 5.97 Å². The summed E-state index contributed by atoms with van der Waals surface area (Å²) >= 11 is 0. The molecule has 4 saturated carbocycles. The summed E-state index contributed by atoms with van der Waals surface area (Å²) in [5, 5.41) is 19.5. The average Bonchev–Trinajstić information content (AvgIpc) is 2.11. The van der Waals surface area contributed by atoms with Crippen molar-refractivity contribution in [3.05, 3.63) is 12.2 Å². The molecular formula is C14H20O3. The standard InChI is InChI=1S/C14H20O3/c1-9(12(15)16)3-13-4-10-2-11(5-13)7-14(17,6-10)8-13/h10-11,17H,1-8H2,(H,15,16). The van der Waals surface area contributed by atoms with E-state index in [2.05, 4.69) is 6.58 Å². The van der Waals surface area contributed by atoms with E-state index in [-0.39, 0.29) is 5.41 Å². The van der Waals surface area contributed by atoms with Crippen molar-refractivity contribution in [2.45, 2.75) is 50.5 Å². The Morgan fingerprint density at radius 1 is 1.24 bits per heavy atom. The number of carboxylic acid groups (broad SMARTS) is 1. The van der Waals surface area contributed by atoms with Crippen LogP contribution in [0.15, 0.2) is 12.2 Å². The zero-order valence-corrected chi connectivity index (χ0v) is 10.1. The fourth-order valence-electron chi connectivity index (χ4n) is 5.14. The second-order valence-electron chi connectivity index (χ2n) is 6.77. The number of carbonyl (C=O) groups is 1. The summed E-state index contributed by atoms with van der Waals surface area (Å²) in [5.41, 5.74) is -0.146. The van der Waals surface area contributed by atoms with Crippen molar-refractivity contribution in [3.63, 3.8) is 0 Å². The van der Waals surface area contributed by atoms with Gasteiger partial charge in [-0.3, -0.25) is 0 Å². The third-order valence-corrected chi connectivity index (χ3v) is 5.04. The fraction of sp³-hybridized carbons (Fsp3) is 0.786. The highest BCUT2D eigenvalue weighted by Crippen LogP contribution is 2.63. The van der Waals surface area contributed by atoms with E-state index in [1.165, 1.54) is 6.42 Å². The van der Waals surface area contributed by atoms with Gasteiger partial charge in [-0.25, -0.2) is 4.79 Å². The summed E-state index contributed by atoms with van der Waals surface area (Å²) in [6.07, 6.45) is 6.66. The Bertz CT molecular complexity index is 371. The lowest BCUT2D eigenvalue weighted by atomic mass is 9.47. The Kier molecular flexibility index (Phi) is 2.22. The van der Waals surface area contributed by atoms with E-state index < -0.39 is 11.6 Å². The first-order valence-electron chi connectivity index (χ1n) is 6.53. The Balaban J connectivity index is 1.83. The summed E-state index contributed by atoms with van der Waals surface area (Å²) in [5.74, 6) is 0.346. The zero-order valence-electron chi connectivity index (χ0n) is 10.1. The van der Waals surface area contributed by atoms with Gasteiger partial charge in [0.1, 0.15) is 0 Å². The first-order chi connectivity index (χ1) is 7.90. The molecule has 4 aliphatic rings. The minimum absolute atomic E-state index is 0.0360. The molecule has 0 aromatic carbocycles. The maximum atomic E-state index is 10.9. The Morgan fingerprint density at radius 3 is 2.29 bits per heavy atom. The molecule has 0 heterocycles. The van der Waals surface area contributed by atoms with Gasteiger partial charge in [-0.15, -0.1) is 0 Å². The SMILES string of the molecule is C=C(CC12CC3CC(CC(O)(C3)C1)C2)C(=O)O. The third-order valence-electron chi connectivity index (χ3n) is 5.04. The van der Waals surface area contributed by atoms with Gasteiger partial charge in [-0.05, 0) is 62.2 Å². The van der Waals surface area contributed by atoms with Crippen LogP contribution >= 0.6 is 0 Å². The van der Waals surface area contributed by atoms with Gasteiger partial charge < -0.3 is 10.2 Å². The van der Waals surface area contributed by atoms with Crippen molar-refractivity contribution in [1.29, 1.82) is 0 Å². The van der Waals surface area contributed by atoms with Crippen LogP contribution in [0.2, 0.25) is 0 Å². The van der Waals surface area contributed by atoms with Crippen molar-refractivity contribution < 1.29 is 15.0 Å². The number of hydrogen-bond acceptors (Lipinski definition) is 2. The van der Waals surface area contributed by atoms with E-state index in [0.29, 0.717) is 23.8 Å². The van der Waals surface area contributed by atoms with Gasteiger partial charge in [0.2, 0.25) is 0 Å². The van der Waals surface area contributed by atoms with Crippen molar-refractivity contribution in [2.75, 3.05) is 0 Å². The van der Waals surface area contributed by atoms with Crippen LogP contribution in [0.25, 0.3) is 0 Å². The second-order valence-corrected chi connectivity index (χ2v) is 6.77. The van der Waals surface area contributed by atoms with Gasteiger partial charge in [0.05, 0.1) is 5.60 Å². The zero-order chi connectivity index (χ0) is 12.3. The monoisotopic (exact) mass is 236 g/mol.